The highest BCUT2D eigenvalue weighted by Gasteiger charge is 2.63. The van der Waals surface area contributed by atoms with Crippen molar-refractivity contribution in [1.29, 1.82) is 0 Å². The SMILES string of the molecule is O=C1Nc2ccccc2NC12C([N+](=O)[O-])=CC(=[N+]([O-])[O-])C=C2[N+](=O)[O-].c1cc[nH+]cc1. The number of hydrogen-bond acceptors (Lipinski definition) is 8. The number of H-pyrrole nitrogens is 1. The van der Waals surface area contributed by atoms with Gasteiger partial charge in [-0.2, -0.15) is 4.90 Å². The third kappa shape index (κ3) is 3.87. The van der Waals surface area contributed by atoms with E-state index in [2.05, 4.69) is 15.6 Å². The third-order valence-electron chi connectivity index (χ3n) is 4.39. The second kappa shape index (κ2) is 8.28. The maximum Gasteiger partial charge on any atom is 0.299 e. The molecule has 0 fully saturated rings. The van der Waals surface area contributed by atoms with Crippen molar-refractivity contribution in [2.75, 3.05) is 10.6 Å². The van der Waals surface area contributed by atoms with Crippen LogP contribution in [0.3, 0.4) is 0 Å². The molecule has 158 valence electrons. The number of anilines is 2. The lowest BCUT2D eigenvalue weighted by molar-refractivity contribution is -0.458. The summed E-state index contributed by atoms with van der Waals surface area (Å²) < 4.78 is 0. The molecule has 0 saturated carbocycles. The van der Waals surface area contributed by atoms with Crippen molar-refractivity contribution in [2.45, 2.75) is 5.54 Å². The van der Waals surface area contributed by atoms with Crippen molar-refractivity contribution in [1.82, 2.24) is 0 Å². The van der Waals surface area contributed by atoms with Crippen molar-refractivity contribution in [3.05, 3.63) is 109 Å². The largest absolute Gasteiger partial charge is 0.612 e. The minimum atomic E-state index is -2.50. The standard InChI is InChI=1S/C13H8N5O7.C5H5N/c19-12-13(15-9-4-2-1-3-8(9)14-12)10(17(22)23)5-7(16(20)21)6-11(13)18(24)25;1-2-4-6-5-3-1/h1-6,15H,(H-,14,19,20,21);1-5H/q-1;/p+1. The number of carbonyl (C=O) groups excluding carboxylic acids is 1. The van der Waals surface area contributed by atoms with Gasteiger partial charge in [-0.15, -0.1) is 0 Å². The normalized spacial score (nSPS) is 18.8. The van der Waals surface area contributed by atoms with Crippen LogP contribution in [0.1, 0.15) is 0 Å². The highest BCUT2D eigenvalue weighted by atomic mass is 16.8. The number of amides is 1. The van der Waals surface area contributed by atoms with Crippen molar-refractivity contribution in [2.24, 2.45) is 0 Å². The van der Waals surface area contributed by atoms with Crippen LogP contribution in [0.15, 0.2) is 78.4 Å². The van der Waals surface area contributed by atoms with E-state index in [0.29, 0.717) is 12.2 Å². The quantitative estimate of drug-likeness (QED) is 0.404. The van der Waals surface area contributed by atoms with Crippen LogP contribution < -0.4 is 15.6 Å². The summed E-state index contributed by atoms with van der Waals surface area (Å²) in [7, 11) is 0. The van der Waals surface area contributed by atoms with Crippen molar-refractivity contribution >= 4 is 23.0 Å². The second-order valence-electron chi connectivity index (χ2n) is 6.21. The van der Waals surface area contributed by atoms with E-state index in [1.807, 2.05) is 30.6 Å². The minimum absolute atomic E-state index is 0.201. The number of carbonyl (C=O) groups is 1. The van der Waals surface area contributed by atoms with Gasteiger partial charge < -0.3 is 21.0 Å². The Bertz CT molecular complexity index is 1080. The number of rotatable bonds is 2. The predicted octanol–water partition coefficient (Wildman–Crippen LogP) is 1.07. The molecule has 1 aliphatic heterocycles. The number of fused-ring (bicyclic) bond motifs is 1. The minimum Gasteiger partial charge on any atom is -0.612 e. The molecule has 1 spiro atoms. The van der Waals surface area contributed by atoms with E-state index in [4.69, 9.17) is 0 Å². The summed E-state index contributed by atoms with van der Waals surface area (Å²) in [5.41, 5.74) is -4.92. The maximum atomic E-state index is 12.6. The summed E-state index contributed by atoms with van der Waals surface area (Å²) >= 11 is 0. The van der Waals surface area contributed by atoms with Crippen molar-refractivity contribution < 1.29 is 24.5 Å². The molecule has 1 aliphatic carbocycles. The lowest BCUT2D eigenvalue weighted by atomic mass is 9.83. The lowest BCUT2D eigenvalue weighted by Gasteiger charge is -2.34. The highest BCUT2D eigenvalue weighted by molar-refractivity contribution is 6.14. The fraction of sp³-hybridized carbons (Fsp3) is 0.0556. The number of aromatic nitrogens is 1. The van der Waals surface area contributed by atoms with Crippen LogP contribution >= 0.6 is 0 Å². The first-order valence-corrected chi connectivity index (χ1v) is 8.61. The molecular formula is C18H14N6O7. The van der Waals surface area contributed by atoms with Gasteiger partial charge >= 0.3 is 0 Å². The Morgan fingerprint density at radius 1 is 0.806 bits per heavy atom. The van der Waals surface area contributed by atoms with Gasteiger partial charge in [0.1, 0.15) is 0 Å². The molecule has 0 bridgehead atoms. The average molecular weight is 426 g/mol. The van der Waals surface area contributed by atoms with Gasteiger partial charge in [-0.3, -0.25) is 25.0 Å². The Labute approximate surface area is 173 Å². The summed E-state index contributed by atoms with van der Waals surface area (Å²) in [4.78, 5) is 35.3. The van der Waals surface area contributed by atoms with Crippen LogP contribution in [-0.4, -0.2) is 31.9 Å². The van der Waals surface area contributed by atoms with Crippen molar-refractivity contribution in [3.63, 3.8) is 0 Å². The fourth-order valence-electron chi connectivity index (χ4n) is 3.03. The smallest absolute Gasteiger partial charge is 0.299 e. The summed E-state index contributed by atoms with van der Waals surface area (Å²) in [6.45, 7) is 0. The zero-order valence-electron chi connectivity index (χ0n) is 15.6. The summed E-state index contributed by atoms with van der Waals surface area (Å²) in [5.74, 6) is -1.08. The molecule has 0 unspecified atom stereocenters. The van der Waals surface area contributed by atoms with E-state index in [1.165, 1.54) is 12.1 Å². The average Bonchev–Trinajstić information content (AvgIpc) is 2.75. The molecule has 0 radical (unpaired) electrons. The molecule has 3 N–H and O–H groups in total. The first-order chi connectivity index (χ1) is 14.8. The number of nitrogens with zero attached hydrogens (tertiary/aromatic N) is 3. The highest BCUT2D eigenvalue weighted by Crippen LogP contribution is 2.40. The van der Waals surface area contributed by atoms with Crippen LogP contribution in [-0.2, 0) is 4.79 Å². The van der Waals surface area contributed by atoms with E-state index in [1.54, 1.807) is 12.1 Å². The first-order valence-electron chi connectivity index (χ1n) is 8.61. The third-order valence-corrected chi connectivity index (χ3v) is 4.39. The number of aromatic amines is 1. The lowest BCUT2D eigenvalue weighted by Crippen LogP contribution is -2.59. The van der Waals surface area contributed by atoms with Gasteiger partial charge in [0.05, 0.1) is 33.4 Å². The van der Waals surface area contributed by atoms with Gasteiger partial charge in [0.15, 0.2) is 12.4 Å². The number of pyridine rings is 1. The molecule has 31 heavy (non-hydrogen) atoms. The topological polar surface area (TPSA) is 191 Å². The molecule has 1 aromatic heterocycles. The number of para-hydroxylation sites is 2. The van der Waals surface area contributed by atoms with E-state index >= 15 is 0 Å². The zero-order chi connectivity index (χ0) is 22.6. The van der Waals surface area contributed by atoms with Crippen LogP contribution in [0.5, 0.6) is 0 Å². The molecule has 1 amide bonds. The number of nitro groups is 2. The number of benzene rings is 1. The van der Waals surface area contributed by atoms with Gasteiger partial charge in [-0.25, -0.2) is 4.98 Å². The zero-order valence-corrected chi connectivity index (χ0v) is 15.6. The Hall–Kier alpha value is -4.81. The van der Waals surface area contributed by atoms with Gasteiger partial charge in [0, 0.05) is 12.1 Å². The van der Waals surface area contributed by atoms with Gasteiger partial charge in [-0.05, 0) is 12.1 Å². The molecular weight excluding hydrogens is 412 g/mol. The van der Waals surface area contributed by atoms with Gasteiger partial charge in [-0.1, -0.05) is 18.2 Å². The molecule has 1 aromatic carbocycles. The molecule has 13 heteroatoms. The number of nitrogens with one attached hydrogen (secondary N) is 3. The molecule has 13 nitrogen and oxygen atoms in total. The molecule has 0 atom stereocenters. The van der Waals surface area contributed by atoms with Crippen LogP contribution in [0.2, 0.25) is 0 Å². The monoisotopic (exact) mass is 426 g/mol. The molecule has 2 aromatic rings. The van der Waals surface area contributed by atoms with Gasteiger partial charge in [0.25, 0.3) is 22.8 Å². The number of hydrogen-bond donors (Lipinski definition) is 2. The van der Waals surface area contributed by atoms with Crippen LogP contribution in [0.25, 0.3) is 0 Å². The van der Waals surface area contributed by atoms with Gasteiger partial charge in [0.2, 0.25) is 5.71 Å². The molecule has 2 aliphatic rings. The van der Waals surface area contributed by atoms with E-state index in [0.717, 1.165) is 0 Å². The second-order valence-corrected chi connectivity index (χ2v) is 6.21. The molecule has 4 rings (SSSR count). The first kappa shape index (κ1) is 20.9. The van der Waals surface area contributed by atoms with E-state index in [9.17, 15) is 35.4 Å². The maximum absolute atomic E-state index is 12.6. The Kier molecular flexibility index (Phi) is 5.59. The molecule has 0 saturated heterocycles. The summed E-state index contributed by atoms with van der Waals surface area (Å²) in [6, 6.07) is 12.0. The molecule has 2 heterocycles. The number of allylic oxidation sites excluding steroid dienone is 2. The Balaban J connectivity index is 0.000000391. The van der Waals surface area contributed by atoms with E-state index in [-0.39, 0.29) is 11.4 Å². The van der Waals surface area contributed by atoms with Crippen LogP contribution in [0.4, 0.5) is 11.4 Å². The summed E-state index contributed by atoms with van der Waals surface area (Å²) in [5, 5.41) is 49.7. The van der Waals surface area contributed by atoms with E-state index < -0.39 is 43.3 Å². The predicted molar refractivity (Wildman–Crippen MR) is 107 cm³/mol. The summed E-state index contributed by atoms with van der Waals surface area (Å²) in [6.07, 6.45) is 4.82. The Morgan fingerprint density at radius 3 is 1.77 bits per heavy atom. The fourth-order valence-corrected chi connectivity index (χ4v) is 3.03. The van der Waals surface area contributed by atoms with Crippen LogP contribution in [0, 0.1) is 30.6 Å². The van der Waals surface area contributed by atoms with Crippen molar-refractivity contribution in [3.8, 4) is 0 Å². The Morgan fingerprint density at radius 2 is 1.35 bits per heavy atom.